The zero-order valence-corrected chi connectivity index (χ0v) is 16.7. The Kier molecular flexibility index (Phi) is 5.01. The first-order valence-corrected chi connectivity index (χ1v) is 10.2. The van der Waals surface area contributed by atoms with Crippen LogP contribution in [0.2, 0.25) is 0 Å². The lowest BCUT2D eigenvalue weighted by molar-refractivity contribution is -0.116. The Balaban J connectivity index is 1.45. The number of anilines is 1. The number of thiazole rings is 1. The molecular weight excluding hydrogens is 402 g/mol. The summed E-state index contributed by atoms with van der Waals surface area (Å²) < 4.78 is 8.51. The van der Waals surface area contributed by atoms with Crippen LogP contribution in [-0.4, -0.2) is 32.8 Å². The molecule has 0 radical (unpaired) electrons. The number of benzene rings is 1. The summed E-state index contributed by atoms with van der Waals surface area (Å²) in [5.41, 5.74) is 0.827. The molecule has 0 aliphatic heterocycles. The van der Waals surface area contributed by atoms with E-state index in [-0.39, 0.29) is 12.3 Å². The van der Waals surface area contributed by atoms with Gasteiger partial charge in [0.05, 0.1) is 22.2 Å². The van der Waals surface area contributed by atoms with Crippen molar-refractivity contribution in [1.82, 2.24) is 19.7 Å². The summed E-state index contributed by atoms with van der Waals surface area (Å²) in [5.74, 6) is 1.38. The molecule has 1 aromatic carbocycles. The Morgan fingerprint density at radius 2 is 2.30 bits per heavy atom. The Morgan fingerprint density at radius 3 is 3.07 bits per heavy atom. The van der Waals surface area contributed by atoms with Crippen LogP contribution in [0, 0.1) is 4.77 Å². The summed E-state index contributed by atoms with van der Waals surface area (Å²) in [6.45, 7) is 0.438. The number of aromatic nitrogens is 4. The van der Waals surface area contributed by atoms with Crippen LogP contribution in [-0.2, 0) is 11.3 Å². The van der Waals surface area contributed by atoms with E-state index in [1.54, 1.807) is 18.4 Å². The number of amides is 1. The molecule has 2 N–H and O–H groups in total. The number of nitrogens with zero attached hydrogens (tertiary/aromatic N) is 3. The third kappa shape index (κ3) is 3.77. The van der Waals surface area contributed by atoms with Crippen molar-refractivity contribution in [3.05, 3.63) is 40.5 Å². The number of hydrogen-bond donors (Lipinski definition) is 2. The lowest BCUT2D eigenvalue weighted by Gasteiger charge is -2.05. The van der Waals surface area contributed by atoms with Crippen molar-refractivity contribution in [2.24, 2.45) is 0 Å². The van der Waals surface area contributed by atoms with Crippen molar-refractivity contribution >= 4 is 56.1 Å². The van der Waals surface area contributed by atoms with Crippen molar-refractivity contribution in [3.63, 3.8) is 0 Å². The van der Waals surface area contributed by atoms with Gasteiger partial charge in [0.1, 0.15) is 5.75 Å². The van der Waals surface area contributed by atoms with Gasteiger partial charge in [0.25, 0.3) is 0 Å². The molecule has 3 aromatic heterocycles. The van der Waals surface area contributed by atoms with E-state index in [0.29, 0.717) is 16.4 Å². The number of H-pyrrole nitrogens is 1. The van der Waals surface area contributed by atoms with E-state index in [1.807, 2.05) is 40.3 Å². The first-order valence-electron chi connectivity index (χ1n) is 8.07. The van der Waals surface area contributed by atoms with Crippen LogP contribution in [0.1, 0.15) is 6.42 Å². The molecular formula is C17H15N5O2S3. The third-order valence-electron chi connectivity index (χ3n) is 3.90. The van der Waals surface area contributed by atoms with E-state index >= 15 is 0 Å². The topological polar surface area (TPSA) is 84.8 Å². The fraction of sp³-hybridized carbons (Fsp3) is 0.176. The van der Waals surface area contributed by atoms with Gasteiger partial charge in [-0.05, 0) is 41.9 Å². The fourth-order valence-electron chi connectivity index (χ4n) is 2.60. The SMILES string of the molecule is COc1ccc2nc(NC(=O)CCn3c(-c4cccs4)n[nH]c3=S)sc2c1. The number of aromatic amines is 1. The molecule has 27 heavy (non-hydrogen) atoms. The maximum atomic E-state index is 12.4. The first kappa shape index (κ1) is 17.8. The maximum absolute atomic E-state index is 12.4. The van der Waals surface area contributed by atoms with E-state index < -0.39 is 0 Å². The van der Waals surface area contributed by atoms with Gasteiger partial charge in [-0.2, -0.15) is 5.10 Å². The van der Waals surface area contributed by atoms with Crippen LogP contribution >= 0.6 is 34.9 Å². The second-order valence-corrected chi connectivity index (χ2v) is 8.00. The van der Waals surface area contributed by atoms with Crippen LogP contribution in [0.5, 0.6) is 5.75 Å². The smallest absolute Gasteiger partial charge is 0.227 e. The molecule has 1 amide bonds. The van der Waals surface area contributed by atoms with Crippen molar-refractivity contribution in [1.29, 1.82) is 0 Å². The molecule has 0 spiro atoms. The Morgan fingerprint density at radius 1 is 1.41 bits per heavy atom. The highest BCUT2D eigenvalue weighted by Crippen LogP contribution is 2.29. The van der Waals surface area contributed by atoms with Gasteiger partial charge in [0.2, 0.25) is 5.91 Å². The molecule has 10 heteroatoms. The number of hydrogen-bond acceptors (Lipinski definition) is 7. The van der Waals surface area contributed by atoms with Gasteiger partial charge in [-0.3, -0.25) is 14.5 Å². The quantitative estimate of drug-likeness (QED) is 0.457. The molecule has 4 rings (SSSR count). The molecule has 0 fully saturated rings. The van der Waals surface area contributed by atoms with Gasteiger partial charge >= 0.3 is 0 Å². The van der Waals surface area contributed by atoms with E-state index in [4.69, 9.17) is 17.0 Å². The molecule has 0 saturated carbocycles. The summed E-state index contributed by atoms with van der Waals surface area (Å²) in [4.78, 5) is 17.8. The van der Waals surface area contributed by atoms with Crippen molar-refractivity contribution in [2.45, 2.75) is 13.0 Å². The summed E-state index contributed by atoms with van der Waals surface area (Å²) >= 11 is 8.28. The van der Waals surface area contributed by atoms with Crippen LogP contribution in [0.25, 0.3) is 20.9 Å². The standard InChI is InChI=1S/C17H15N5O2S3/c1-24-10-4-5-11-13(9-10)27-16(18-11)19-14(23)6-7-22-15(20-21-17(22)25)12-3-2-8-26-12/h2-5,8-9H,6-7H2,1H3,(H,21,25)(H,18,19,23). The van der Waals surface area contributed by atoms with Gasteiger partial charge in [-0.25, -0.2) is 4.98 Å². The number of nitrogens with one attached hydrogen (secondary N) is 2. The van der Waals surface area contributed by atoms with Gasteiger partial charge < -0.3 is 10.1 Å². The Labute approximate surface area is 167 Å². The lowest BCUT2D eigenvalue weighted by atomic mass is 10.3. The van der Waals surface area contributed by atoms with Gasteiger partial charge in [0.15, 0.2) is 15.7 Å². The van der Waals surface area contributed by atoms with Gasteiger partial charge in [-0.15, -0.1) is 11.3 Å². The van der Waals surface area contributed by atoms with E-state index in [2.05, 4.69) is 20.5 Å². The number of rotatable bonds is 6. The molecule has 0 aliphatic rings. The normalized spacial score (nSPS) is 11.0. The first-order chi connectivity index (χ1) is 13.1. The molecule has 0 saturated heterocycles. The Hall–Kier alpha value is -2.56. The van der Waals surface area contributed by atoms with Crippen molar-refractivity contribution < 1.29 is 9.53 Å². The summed E-state index contributed by atoms with van der Waals surface area (Å²) in [6.07, 6.45) is 0.269. The third-order valence-corrected chi connectivity index (χ3v) is 6.02. The molecule has 0 atom stereocenters. The van der Waals surface area contributed by atoms with Crippen LogP contribution < -0.4 is 10.1 Å². The minimum absolute atomic E-state index is 0.124. The number of carbonyl (C=O) groups excluding carboxylic acids is 1. The molecule has 0 bridgehead atoms. The summed E-state index contributed by atoms with van der Waals surface area (Å²) in [6, 6.07) is 9.55. The zero-order chi connectivity index (χ0) is 18.8. The highest BCUT2D eigenvalue weighted by molar-refractivity contribution is 7.71. The molecule has 0 aliphatic carbocycles. The van der Waals surface area contributed by atoms with Crippen molar-refractivity contribution in [3.8, 4) is 16.5 Å². The molecule has 7 nitrogen and oxygen atoms in total. The summed E-state index contributed by atoms with van der Waals surface area (Å²) in [7, 11) is 1.62. The highest BCUT2D eigenvalue weighted by atomic mass is 32.1. The predicted octanol–water partition coefficient (Wildman–Crippen LogP) is 4.32. The van der Waals surface area contributed by atoms with Crippen LogP contribution in [0.4, 0.5) is 5.13 Å². The highest BCUT2D eigenvalue weighted by Gasteiger charge is 2.13. The average molecular weight is 418 g/mol. The van der Waals surface area contributed by atoms with Crippen LogP contribution in [0.3, 0.4) is 0 Å². The monoisotopic (exact) mass is 417 g/mol. The summed E-state index contributed by atoms with van der Waals surface area (Å²) in [5, 5.41) is 12.5. The van der Waals surface area contributed by atoms with E-state index in [9.17, 15) is 4.79 Å². The Bertz CT molecular complexity index is 1140. The predicted molar refractivity (Wildman–Crippen MR) is 110 cm³/mol. The average Bonchev–Trinajstić information content (AvgIpc) is 3.38. The maximum Gasteiger partial charge on any atom is 0.227 e. The van der Waals surface area contributed by atoms with Gasteiger partial charge in [0, 0.05) is 13.0 Å². The minimum Gasteiger partial charge on any atom is -0.497 e. The minimum atomic E-state index is -0.124. The molecule has 3 heterocycles. The number of methoxy groups -OCH3 is 1. The molecule has 4 aromatic rings. The number of thiophene rings is 1. The number of fused-ring (bicyclic) bond motifs is 1. The number of ether oxygens (including phenoxy) is 1. The van der Waals surface area contributed by atoms with Crippen LogP contribution in [0.15, 0.2) is 35.7 Å². The second-order valence-electron chi connectivity index (χ2n) is 5.63. The second kappa shape index (κ2) is 7.59. The van der Waals surface area contributed by atoms with Gasteiger partial charge in [-0.1, -0.05) is 17.4 Å². The van der Waals surface area contributed by atoms with E-state index in [1.165, 1.54) is 11.3 Å². The number of carbonyl (C=O) groups is 1. The fourth-order valence-corrected chi connectivity index (χ4v) is 4.46. The largest absolute Gasteiger partial charge is 0.497 e. The lowest BCUT2D eigenvalue weighted by Crippen LogP contribution is -2.14. The zero-order valence-electron chi connectivity index (χ0n) is 14.3. The van der Waals surface area contributed by atoms with E-state index in [0.717, 1.165) is 26.7 Å². The molecule has 0 unspecified atom stereocenters. The van der Waals surface area contributed by atoms with Crippen molar-refractivity contribution in [2.75, 3.05) is 12.4 Å². The molecule has 138 valence electrons.